The van der Waals surface area contributed by atoms with Gasteiger partial charge in [-0.2, -0.15) is 0 Å². The zero-order valence-electron chi connectivity index (χ0n) is 5.76. The summed E-state index contributed by atoms with van der Waals surface area (Å²) in [6.07, 6.45) is 2.88. The van der Waals surface area contributed by atoms with Crippen molar-refractivity contribution >= 4 is 12.4 Å². The Labute approximate surface area is 59.3 Å². The monoisotopic (exact) mass is 138 g/mol. The van der Waals surface area contributed by atoms with Crippen molar-refractivity contribution < 1.29 is 0 Å². The summed E-state index contributed by atoms with van der Waals surface area (Å²) in [5, 5.41) is 9.90. The molecule has 0 radical (unpaired) electrons. The molecule has 0 aromatic carbocycles. The van der Waals surface area contributed by atoms with Crippen molar-refractivity contribution in [2.45, 2.75) is 13.0 Å². The largest absolute Gasteiger partial charge is 0.382 e. The van der Waals surface area contributed by atoms with Gasteiger partial charge in [0, 0.05) is 12.4 Å². The van der Waals surface area contributed by atoms with E-state index in [1.165, 1.54) is 6.21 Å². The molecule has 54 valence electrons. The summed E-state index contributed by atoms with van der Waals surface area (Å²) in [6, 6.07) is 0.170. The van der Waals surface area contributed by atoms with Crippen LogP contribution in [0.3, 0.4) is 0 Å². The lowest BCUT2D eigenvalue weighted by atomic mass is 10.3. The van der Waals surface area contributed by atoms with Crippen LogP contribution in [0.2, 0.25) is 0 Å². The minimum absolute atomic E-state index is 0.170. The van der Waals surface area contributed by atoms with Crippen LogP contribution in [0.1, 0.15) is 6.92 Å². The molecular formula is C6H10N4. The van der Waals surface area contributed by atoms with Crippen LogP contribution in [0.15, 0.2) is 16.5 Å². The smallest absolute Gasteiger partial charge is 0.148 e. The molecule has 1 unspecified atom stereocenters. The van der Waals surface area contributed by atoms with Crippen LogP contribution in [0.4, 0.5) is 0 Å². The van der Waals surface area contributed by atoms with Gasteiger partial charge in [-0.3, -0.25) is 0 Å². The summed E-state index contributed by atoms with van der Waals surface area (Å²) in [4.78, 5) is 3.88. The number of hydrogen-bond donors (Lipinski definition) is 3. The average Bonchev–Trinajstić information content (AvgIpc) is 1.94. The maximum absolute atomic E-state index is 6.92. The fourth-order valence-electron chi connectivity index (χ4n) is 0.734. The van der Waals surface area contributed by atoms with Gasteiger partial charge in [0.05, 0.1) is 11.7 Å². The highest BCUT2D eigenvalue weighted by Gasteiger charge is 2.07. The van der Waals surface area contributed by atoms with Gasteiger partial charge in [0.25, 0.3) is 0 Å². The predicted octanol–water partition coefficient (Wildman–Crippen LogP) is -0.174. The Morgan fingerprint density at radius 1 is 1.90 bits per heavy atom. The van der Waals surface area contributed by atoms with Gasteiger partial charge in [-0.1, -0.05) is 0 Å². The number of allylic oxidation sites excluding steroid dienone is 1. The molecule has 4 heteroatoms. The maximum atomic E-state index is 6.92. The summed E-state index contributed by atoms with van der Waals surface area (Å²) < 4.78 is 0. The van der Waals surface area contributed by atoms with Crippen LogP contribution in [0.25, 0.3) is 0 Å². The van der Waals surface area contributed by atoms with Crippen molar-refractivity contribution in [1.29, 1.82) is 5.41 Å². The van der Waals surface area contributed by atoms with Crippen molar-refractivity contribution in [2.24, 2.45) is 10.7 Å². The summed E-state index contributed by atoms with van der Waals surface area (Å²) in [5.74, 6) is 0.383. The second-order valence-corrected chi connectivity index (χ2v) is 2.15. The van der Waals surface area contributed by atoms with E-state index in [-0.39, 0.29) is 6.04 Å². The van der Waals surface area contributed by atoms with E-state index in [0.717, 1.165) is 0 Å². The van der Waals surface area contributed by atoms with E-state index in [0.29, 0.717) is 11.5 Å². The van der Waals surface area contributed by atoms with E-state index < -0.39 is 0 Å². The van der Waals surface area contributed by atoms with Crippen LogP contribution in [0, 0.1) is 5.41 Å². The molecule has 0 amide bonds. The number of hydrogen-bond acceptors (Lipinski definition) is 4. The molecule has 0 saturated heterocycles. The number of nitrogens with two attached hydrogens (primary N) is 1. The Morgan fingerprint density at radius 2 is 2.60 bits per heavy atom. The molecule has 1 aliphatic heterocycles. The number of nitrogens with zero attached hydrogens (tertiary/aromatic N) is 1. The van der Waals surface area contributed by atoms with E-state index in [4.69, 9.17) is 11.1 Å². The SMILES string of the molecule is CC1C=NC(N)=C(C=N)N1. The van der Waals surface area contributed by atoms with Gasteiger partial charge in [-0.15, -0.1) is 0 Å². The van der Waals surface area contributed by atoms with E-state index in [9.17, 15) is 0 Å². The zero-order chi connectivity index (χ0) is 7.56. The second-order valence-electron chi connectivity index (χ2n) is 2.15. The summed E-state index contributed by atoms with van der Waals surface area (Å²) >= 11 is 0. The molecule has 1 atom stereocenters. The third-order valence-electron chi connectivity index (χ3n) is 1.24. The van der Waals surface area contributed by atoms with E-state index in [2.05, 4.69) is 10.3 Å². The van der Waals surface area contributed by atoms with Crippen molar-refractivity contribution in [2.75, 3.05) is 0 Å². The molecule has 4 N–H and O–H groups in total. The van der Waals surface area contributed by atoms with Gasteiger partial charge < -0.3 is 16.5 Å². The van der Waals surface area contributed by atoms with E-state index >= 15 is 0 Å². The van der Waals surface area contributed by atoms with Crippen LogP contribution in [0.5, 0.6) is 0 Å². The van der Waals surface area contributed by atoms with E-state index in [1.54, 1.807) is 6.21 Å². The highest BCUT2D eigenvalue weighted by Crippen LogP contribution is 1.99. The second kappa shape index (κ2) is 2.51. The maximum Gasteiger partial charge on any atom is 0.148 e. The molecule has 1 rings (SSSR count). The standard InChI is InChI=1S/C6H10N4/c1-4-3-9-6(8)5(2-7)10-4/h2-4,7,10H,8H2,1H3. The van der Waals surface area contributed by atoms with Gasteiger partial charge >= 0.3 is 0 Å². The Bertz CT molecular complexity index is 204. The lowest BCUT2D eigenvalue weighted by Gasteiger charge is -2.15. The highest BCUT2D eigenvalue weighted by atomic mass is 15.0. The van der Waals surface area contributed by atoms with Crippen LogP contribution >= 0.6 is 0 Å². The van der Waals surface area contributed by atoms with Gasteiger partial charge in [-0.05, 0) is 6.92 Å². The minimum Gasteiger partial charge on any atom is -0.382 e. The quantitative estimate of drug-likeness (QED) is 0.440. The molecule has 0 aromatic heterocycles. The first kappa shape index (κ1) is 6.80. The summed E-state index contributed by atoms with van der Waals surface area (Å²) in [7, 11) is 0. The van der Waals surface area contributed by atoms with Crippen LogP contribution in [-0.2, 0) is 0 Å². The first-order chi connectivity index (χ1) is 4.74. The van der Waals surface area contributed by atoms with Crippen LogP contribution in [-0.4, -0.2) is 18.5 Å². The van der Waals surface area contributed by atoms with Gasteiger partial charge in [0.2, 0.25) is 0 Å². The van der Waals surface area contributed by atoms with Crippen molar-refractivity contribution in [3.8, 4) is 0 Å². The first-order valence-electron chi connectivity index (χ1n) is 3.05. The Kier molecular flexibility index (Phi) is 1.71. The number of aliphatic imine (C=N–C) groups is 1. The molecule has 4 nitrogen and oxygen atoms in total. The summed E-state index contributed by atoms with van der Waals surface area (Å²) in [6.45, 7) is 1.94. The first-order valence-corrected chi connectivity index (χ1v) is 3.05. The molecule has 0 fully saturated rings. The zero-order valence-corrected chi connectivity index (χ0v) is 5.76. The van der Waals surface area contributed by atoms with Crippen molar-refractivity contribution in [3.05, 3.63) is 11.5 Å². The molecule has 0 aromatic rings. The minimum atomic E-state index is 0.170. The summed E-state index contributed by atoms with van der Waals surface area (Å²) in [5.41, 5.74) is 6.01. The Hall–Kier alpha value is -1.32. The fraction of sp³-hybridized carbons (Fsp3) is 0.333. The number of nitrogens with one attached hydrogen (secondary N) is 2. The van der Waals surface area contributed by atoms with Crippen LogP contribution < -0.4 is 11.1 Å². The van der Waals surface area contributed by atoms with Gasteiger partial charge in [0.1, 0.15) is 5.82 Å². The molecule has 0 aliphatic carbocycles. The van der Waals surface area contributed by atoms with Crippen molar-refractivity contribution in [1.82, 2.24) is 5.32 Å². The Morgan fingerprint density at radius 3 is 3.10 bits per heavy atom. The lowest BCUT2D eigenvalue weighted by Crippen LogP contribution is -2.32. The molecule has 10 heavy (non-hydrogen) atoms. The predicted molar refractivity (Wildman–Crippen MR) is 41.1 cm³/mol. The average molecular weight is 138 g/mol. The topological polar surface area (TPSA) is 74.3 Å². The van der Waals surface area contributed by atoms with Gasteiger partial charge in [0.15, 0.2) is 0 Å². The van der Waals surface area contributed by atoms with Crippen molar-refractivity contribution in [3.63, 3.8) is 0 Å². The molecular weight excluding hydrogens is 128 g/mol. The number of rotatable bonds is 1. The highest BCUT2D eigenvalue weighted by molar-refractivity contribution is 5.80. The molecule has 0 spiro atoms. The molecule has 1 aliphatic rings. The third-order valence-corrected chi connectivity index (χ3v) is 1.24. The fourth-order valence-corrected chi connectivity index (χ4v) is 0.734. The third kappa shape index (κ3) is 1.15. The lowest BCUT2D eigenvalue weighted by molar-refractivity contribution is 0.769. The van der Waals surface area contributed by atoms with Gasteiger partial charge in [-0.25, -0.2) is 4.99 Å². The normalized spacial score (nSPS) is 24.3. The molecule has 0 saturated carbocycles. The Balaban J connectivity index is 2.83. The molecule has 1 heterocycles. The molecule has 0 bridgehead atoms. The van der Waals surface area contributed by atoms with E-state index in [1.807, 2.05) is 6.92 Å².